The number of hydrogen-bond acceptors (Lipinski definition) is 5. The summed E-state index contributed by atoms with van der Waals surface area (Å²) >= 11 is 3.09. The lowest BCUT2D eigenvalue weighted by Gasteiger charge is -2.14. The maximum atomic E-state index is 13.0. The molecule has 3 rings (SSSR count). The molecule has 0 aliphatic carbocycles. The van der Waals surface area contributed by atoms with E-state index in [2.05, 4.69) is 46.7 Å². The van der Waals surface area contributed by atoms with Crippen molar-refractivity contribution in [2.45, 2.75) is 41.3 Å². The summed E-state index contributed by atoms with van der Waals surface area (Å²) in [6.07, 6.45) is 0.637. The molecule has 0 saturated carbocycles. The van der Waals surface area contributed by atoms with Crippen LogP contribution in [0.5, 0.6) is 0 Å². The number of carbonyl (C=O) groups excluding carboxylic acids is 1. The molecule has 1 unspecified atom stereocenters. The molecule has 5 nitrogen and oxygen atoms in total. The highest BCUT2D eigenvalue weighted by molar-refractivity contribution is 8.00. The minimum atomic E-state index is -0.334. The average Bonchev–Trinajstić information content (AvgIpc) is 3.06. The molecule has 0 bridgehead atoms. The van der Waals surface area contributed by atoms with Gasteiger partial charge in [0.15, 0.2) is 5.16 Å². The van der Waals surface area contributed by atoms with Gasteiger partial charge in [-0.05, 0) is 49.7 Å². The summed E-state index contributed by atoms with van der Waals surface area (Å²) in [6.45, 7) is 4.02. The standard InChI is InChI=1S/C21H23FN4OS2/c1-4-18(20(27)23-16-9-7-15(22)8-10-16)29-21-25-24-19(26(21)3)13-28-17-11-5-14(2)6-12-17/h5-12,18H,4,13H2,1-3H3,(H,23,27). The Bertz CT molecular complexity index is 958. The molecule has 0 aliphatic heterocycles. The van der Waals surface area contributed by atoms with Crippen molar-refractivity contribution in [3.05, 3.63) is 65.7 Å². The fraction of sp³-hybridized carbons (Fsp3) is 0.286. The number of thioether (sulfide) groups is 2. The van der Waals surface area contributed by atoms with E-state index in [1.54, 1.807) is 23.9 Å². The highest BCUT2D eigenvalue weighted by atomic mass is 32.2. The van der Waals surface area contributed by atoms with E-state index in [1.165, 1.54) is 34.4 Å². The number of nitrogens with zero attached hydrogens (tertiary/aromatic N) is 3. The summed E-state index contributed by atoms with van der Waals surface area (Å²) in [7, 11) is 1.91. The first kappa shape index (κ1) is 21.4. The maximum Gasteiger partial charge on any atom is 0.237 e. The van der Waals surface area contributed by atoms with Gasteiger partial charge in [-0.15, -0.1) is 22.0 Å². The first-order valence-electron chi connectivity index (χ1n) is 9.27. The molecular weight excluding hydrogens is 407 g/mol. The smallest absolute Gasteiger partial charge is 0.237 e. The number of rotatable bonds is 8. The third-order valence-electron chi connectivity index (χ3n) is 4.34. The van der Waals surface area contributed by atoms with E-state index in [9.17, 15) is 9.18 Å². The molecule has 29 heavy (non-hydrogen) atoms. The van der Waals surface area contributed by atoms with Gasteiger partial charge in [-0.2, -0.15) is 0 Å². The van der Waals surface area contributed by atoms with Crippen molar-refractivity contribution in [2.24, 2.45) is 7.05 Å². The van der Waals surface area contributed by atoms with Crippen LogP contribution in [-0.4, -0.2) is 25.9 Å². The van der Waals surface area contributed by atoms with Gasteiger partial charge >= 0.3 is 0 Å². The van der Waals surface area contributed by atoms with Crippen LogP contribution in [0.4, 0.5) is 10.1 Å². The van der Waals surface area contributed by atoms with Crippen LogP contribution < -0.4 is 5.32 Å². The first-order chi connectivity index (χ1) is 14.0. The van der Waals surface area contributed by atoms with Gasteiger partial charge in [-0.1, -0.05) is 36.4 Å². The summed E-state index contributed by atoms with van der Waals surface area (Å²) in [5.74, 6) is 1.08. The monoisotopic (exact) mass is 430 g/mol. The second-order valence-corrected chi connectivity index (χ2v) is 8.79. The fourth-order valence-corrected chi connectivity index (χ4v) is 4.38. The van der Waals surface area contributed by atoms with Gasteiger partial charge in [0.25, 0.3) is 0 Å². The molecule has 1 amide bonds. The number of aryl methyl sites for hydroxylation is 1. The number of nitrogens with one attached hydrogen (secondary N) is 1. The number of halogens is 1. The first-order valence-corrected chi connectivity index (χ1v) is 11.1. The van der Waals surface area contributed by atoms with Crippen molar-refractivity contribution in [3.63, 3.8) is 0 Å². The molecule has 2 aromatic carbocycles. The summed E-state index contributed by atoms with van der Waals surface area (Å²) in [4.78, 5) is 13.8. The van der Waals surface area contributed by atoms with Crippen molar-refractivity contribution in [2.75, 3.05) is 5.32 Å². The second-order valence-electron chi connectivity index (χ2n) is 6.57. The highest BCUT2D eigenvalue weighted by Gasteiger charge is 2.21. The maximum absolute atomic E-state index is 13.0. The van der Waals surface area contributed by atoms with Crippen molar-refractivity contribution >= 4 is 35.1 Å². The Morgan fingerprint density at radius 3 is 2.48 bits per heavy atom. The van der Waals surface area contributed by atoms with Crippen LogP contribution in [0.25, 0.3) is 0 Å². The lowest BCUT2D eigenvalue weighted by Crippen LogP contribution is -2.25. The van der Waals surface area contributed by atoms with Crippen LogP contribution in [0.15, 0.2) is 58.6 Å². The molecule has 0 aliphatic rings. The quantitative estimate of drug-likeness (QED) is 0.506. The van der Waals surface area contributed by atoms with Crippen molar-refractivity contribution in [1.82, 2.24) is 14.8 Å². The van der Waals surface area contributed by atoms with E-state index in [4.69, 9.17) is 0 Å². The summed E-state index contributed by atoms with van der Waals surface area (Å²) in [5.41, 5.74) is 1.81. The third-order valence-corrected chi connectivity index (χ3v) is 6.74. The molecule has 0 spiro atoms. The molecule has 1 aromatic heterocycles. The van der Waals surface area contributed by atoms with Crippen LogP contribution >= 0.6 is 23.5 Å². The molecule has 1 N–H and O–H groups in total. The number of carbonyl (C=O) groups is 1. The van der Waals surface area contributed by atoms with Crippen LogP contribution in [-0.2, 0) is 17.6 Å². The Morgan fingerprint density at radius 2 is 1.83 bits per heavy atom. The largest absolute Gasteiger partial charge is 0.325 e. The molecule has 0 saturated heterocycles. The van der Waals surface area contributed by atoms with Gasteiger partial charge in [0.2, 0.25) is 5.91 Å². The molecule has 8 heteroatoms. The van der Waals surface area contributed by atoms with E-state index < -0.39 is 0 Å². The molecule has 152 valence electrons. The number of aromatic nitrogens is 3. The van der Waals surface area contributed by atoms with Gasteiger partial charge in [0.05, 0.1) is 11.0 Å². The lowest BCUT2D eigenvalue weighted by atomic mass is 10.2. The molecule has 0 fully saturated rings. The number of anilines is 1. The van der Waals surface area contributed by atoms with E-state index in [0.29, 0.717) is 23.0 Å². The minimum Gasteiger partial charge on any atom is -0.325 e. The number of hydrogen-bond donors (Lipinski definition) is 1. The van der Waals surface area contributed by atoms with E-state index in [-0.39, 0.29) is 17.0 Å². The second kappa shape index (κ2) is 9.93. The van der Waals surface area contributed by atoms with Gasteiger partial charge in [-0.3, -0.25) is 4.79 Å². The zero-order valence-electron chi connectivity index (χ0n) is 16.6. The van der Waals surface area contributed by atoms with Crippen LogP contribution in [0.2, 0.25) is 0 Å². The number of amides is 1. The molecular formula is C21H23FN4OS2. The fourth-order valence-electron chi connectivity index (χ4n) is 2.56. The van der Waals surface area contributed by atoms with Gasteiger partial charge in [0, 0.05) is 17.6 Å². The average molecular weight is 431 g/mol. The molecule has 0 radical (unpaired) electrons. The zero-order chi connectivity index (χ0) is 20.8. The van der Waals surface area contributed by atoms with Crippen LogP contribution in [0, 0.1) is 12.7 Å². The minimum absolute atomic E-state index is 0.136. The summed E-state index contributed by atoms with van der Waals surface area (Å²) in [6, 6.07) is 14.1. The molecule has 1 heterocycles. The Balaban J connectivity index is 1.61. The van der Waals surface area contributed by atoms with Crippen LogP contribution in [0.3, 0.4) is 0 Å². The van der Waals surface area contributed by atoms with E-state index >= 15 is 0 Å². The van der Waals surface area contributed by atoms with Gasteiger partial charge in [-0.25, -0.2) is 4.39 Å². The Kier molecular flexibility index (Phi) is 7.33. The lowest BCUT2D eigenvalue weighted by molar-refractivity contribution is -0.115. The van der Waals surface area contributed by atoms with Crippen molar-refractivity contribution < 1.29 is 9.18 Å². The van der Waals surface area contributed by atoms with Gasteiger partial charge in [0.1, 0.15) is 11.6 Å². The predicted octanol–water partition coefficient (Wildman–Crippen LogP) is 5.06. The Morgan fingerprint density at radius 1 is 1.14 bits per heavy atom. The van der Waals surface area contributed by atoms with Crippen molar-refractivity contribution in [1.29, 1.82) is 0 Å². The molecule has 1 atom stereocenters. The van der Waals surface area contributed by atoms with Crippen LogP contribution in [0.1, 0.15) is 24.7 Å². The van der Waals surface area contributed by atoms with E-state index in [1.807, 2.05) is 18.5 Å². The molecule has 3 aromatic rings. The summed E-state index contributed by atoms with van der Waals surface area (Å²) < 4.78 is 15.0. The normalized spacial score (nSPS) is 12.0. The summed E-state index contributed by atoms with van der Waals surface area (Å²) in [5, 5.41) is 11.8. The van der Waals surface area contributed by atoms with Crippen molar-refractivity contribution in [3.8, 4) is 0 Å². The predicted molar refractivity (Wildman–Crippen MR) is 117 cm³/mol. The topological polar surface area (TPSA) is 59.8 Å². The van der Waals surface area contributed by atoms with E-state index in [0.717, 1.165) is 5.82 Å². The highest BCUT2D eigenvalue weighted by Crippen LogP contribution is 2.27. The zero-order valence-corrected chi connectivity index (χ0v) is 18.2. The number of benzene rings is 2. The van der Waals surface area contributed by atoms with Gasteiger partial charge < -0.3 is 9.88 Å². The third kappa shape index (κ3) is 5.83. The Labute approximate surface area is 178 Å². The Hall–Kier alpha value is -2.32. The SMILES string of the molecule is CCC(Sc1nnc(CSc2ccc(C)cc2)n1C)C(=O)Nc1ccc(F)cc1.